The number of amides is 1. The van der Waals surface area contributed by atoms with Gasteiger partial charge in [-0.2, -0.15) is 0 Å². The van der Waals surface area contributed by atoms with Crippen molar-refractivity contribution in [3.05, 3.63) is 72.3 Å². The molecule has 0 aliphatic carbocycles. The summed E-state index contributed by atoms with van der Waals surface area (Å²) in [5.41, 5.74) is 2.77. The van der Waals surface area contributed by atoms with E-state index in [0.29, 0.717) is 6.54 Å². The van der Waals surface area contributed by atoms with Gasteiger partial charge in [-0.05, 0) is 29.7 Å². The van der Waals surface area contributed by atoms with Gasteiger partial charge < -0.3 is 10.0 Å². The Morgan fingerprint density at radius 1 is 1.14 bits per heavy atom. The molecule has 1 N–H and O–H groups in total. The van der Waals surface area contributed by atoms with E-state index in [1.54, 1.807) is 11.8 Å². The molecule has 0 saturated heterocycles. The first kappa shape index (κ1) is 14.5. The van der Waals surface area contributed by atoms with E-state index in [2.05, 4.69) is 6.58 Å². The molecule has 3 heteroatoms. The number of hydrogen-bond acceptors (Lipinski definition) is 2. The van der Waals surface area contributed by atoms with Crippen LogP contribution in [0.5, 0.6) is 0 Å². The van der Waals surface area contributed by atoms with E-state index >= 15 is 0 Å². The Bertz CT molecular complexity index is 723. The quantitative estimate of drug-likeness (QED) is 0.941. The van der Waals surface area contributed by atoms with Gasteiger partial charge in [0.1, 0.15) is 0 Å². The number of carbonyl (C=O) groups excluding carboxylic acids is 1. The van der Waals surface area contributed by atoms with Crippen LogP contribution in [0.25, 0.3) is 5.57 Å². The monoisotopic (exact) mass is 293 g/mol. The topological polar surface area (TPSA) is 40.5 Å². The molecule has 2 aromatic rings. The molecule has 0 fully saturated rings. The summed E-state index contributed by atoms with van der Waals surface area (Å²) in [7, 11) is 0. The highest BCUT2D eigenvalue weighted by Gasteiger charge is 2.46. The number of fused-ring (bicyclic) bond motifs is 1. The molecule has 1 heterocycles. The summed E-state index contributed by atoms with van der Waals surface area (Å²) < 4.78 is 0. The number of benzene rings is 2. The van der Waals surface area contributed by atoms with Gasteiger partial charge in [-0.3, -0.25) is 4.79 Å². The van der Waals surface area contributed by atoms with Crippen LogP contribution in [0, 0.1) is 0 Å². The molecule has 0 spiro atoms. The summed E-state index contributed by atoms with van der Waals surface area (Å²) in [5, 5.41) is 9.74. The molecule has 3 nitrogen and oxygen atoms in total. The van der Waals surface area contributed by atoms with E-state index in [4.69, 9.17) is 0 Å². The summed E-state index contributed by atoms with van der Waals surface area (Å²) in [5.74, 6) is -0.0757. The van der Waals surface area contributed by atoms with Crippen LogP contribution in [0.2, 0.25) is 0 Å². The average Bonchev–Trinajstić information content (AvgIpc) is 2.78. The molecule has 1 aliphatic rings. The third-order valence-corrected chi connectivity index (χ3v) is 4.35. The lowest BCUT2D eigenvalue weighted by Crippen LogP contribution is -2.41. The Balaban J connectivity index is 1.95. The van der Waals surface area contributed by atoms with Gasteiger partial charge in [0.05, 0.1) is 18.6 Å². The van der Waals surface area contributed by atoms with Gasteiger partial charge in [0.2, 0.25) is 5.91 Å². The fourth-order valence-corrected chi connectivity index (χ4v) is 2.96. The van der Waals surface area contributed by atoms with Crippen LogP contribution < -0.4 is 4.90 Å². The minimum atomic E-state index is -0.867. The third-order valence-electron chi connectivity index (χ3n) is 4.35. The summed E-state index contributed by atoms with van der Waals surface area (Å²) >= 11 is 0. The van der Waals surface area contributed by atoms with Crippen molar-refractivity contribution >= 4 is 17.2 Å². The van der Waals surface area contributed by atoms with Gasteiger partial charge in [0.25, 0.3) is 0 Å². The van der Waals surface area contributed by atoms with Crippen molar-refractivity contribution in [2.45, 2.75) is 12.3 Å². The number of carbonyl (C=O) groups is 1. The predicted molar refractivity (Wildman–Crippen MR) is 88.7 cm³/mol. The number of hydrogen-bond donors (Lipinski definition) is 1. The highest BCUT2D eigenvalue weighted by Crippen LogP contribution is 2.41. The Morgan fingerprint density at radius 3 is 2.45 bits per heavy atom. The van der Waals surface area contributed by atoms with Crippen LogP contribution in [0.3, 0.4) is 0 Å². The van der Waals surface area contributed by atoms with Crippen molar-refractivity contribution in [2.75, 3.05) is 18.1 Å². The van der Waals surface area contributed by atoms with Gasteiger partial charge in [-0.15, -0.1) is 0 Å². The average molecular weight is 293 g/mol. The Hall–Kier alpha value is -2.39. The molecule has 112 valence electrons. The van der Waals surface area contributed by atoms with E-state index in [1.807, 2.05) is 54.6 Å². The van der Waals surface area contributed by atoms with E-state index in [1.165, 1.54) is 0 Å². The Labute approximate surface area is 130 Å². The number of aliphatic hydroxyl groups is 1. The van der Waals surface area contributed by atoms with Crippen LogP contribution in [0.4, 0.5) is 5.69 Å². The van der Waals surface area contributed by atoms with Crippen LogP contribution >= 0.6 is 0 Å². The van der Waals surface area contributed by atoms with Gasteiger partial charge in [-0.25, -0.2) is 0 Å². The summed E-state index contributed by atoms with van der Waals surface area (Å²) in [4.78, 5) is 14.5. The number of nitrogens with zero attached hydrogens (tertiary/aromatic N) is 1. The first-order valence-corrected chi connectivity index (χ1v) is 7.33. The lowest BCUT2D eigenvalue weighted by Gasteiger charge is -2.23. The molecule has 0 saturated carbocycles. The maximum Gasteiger partial charge on any atom is 0.240 e. The van der Waals surface area contributed by atoms with Crippen LogP contribution in [-0.2, 0) is 10.2 Å². The minimum absolute atomic E-state index is 0.0757. The molecule has 1 amide bonds. The van der Waals surface area contributed by atoms with Gasteiger partial charge in [0.15, 0.2) is 0 Å². The van der Waals surface area contributed by atoms with Gasteiger partial charge in [0, 0.05) is 5.69 Å². The van der Waals surface area contributed by atoms with Crippen molar-refractivity contribution < 1.29 is 9.90 Å². The molecule has 0 unspecified atom stereocenters. The SMILES string of the molecule is C=C(CN1C(=O)[C@@](C)(CO)c2ccccc21)c1ccccc1. The fraction of sp³-hybridized carbons (Fsp3) is 0.211. The van der Waals surface area contributed by atoms with Crippen LogP contribution in [-0.4, -0.2) is 24.2 Å². The largest absolute Gasteiger partial charge is 0.395 e. The first-order chi connectivity index (χ1) is 10.6. The molecule has 0 aromatic heterocycles. The zero-order valence-corrected chi connectivity index (χ0v) is 12.6. The molecular formula is C19H19NO2. The second-order valence-corrected chi connectivity index (χ2v) is 5.87. The van der Waals surface area contributed by atoms with Gasteiger partial charge >= 0.3 is 0 Å². The minimum Gasteiger partial charge on any atom is -0.395 e. The number of rotatable bonds is 4. The summed E-state index contributed by atoms with van der Waals surface area (Å²) in [6.07, 6.45) is 0. The van der Waals surface area contributed by atoms with Crippen molar-refractivity contribution in [1.82, 2.24) is 0 Å². The second-order valence-electron chi connectivity index (χ2n) is 5.87. The van der Waals surface area contributed by atoms with Crippen LogP contribution in [0.1, 0.15) is 18.1 Å². The molecule has 0 radical (unpaired) electrons. The van der Waals surface area contributed by atoms with Crippen molar-refractivity contribution in [3.8, 4) is 0 Å². The second kappa shape index (κ2) is 5.43. The smallest absolute Gasteiger partial charge is 0.240 e. The Kier molecular flexibility index (Phi) is 3.59. The molecule has 3 rings (SSSR count). The number of para-hydroxylation sites is 1. The third kappa shape index (κ3) is 2.14. The first-order valence-electron chi connectivity index (χ1n) is 7.33. The maximum absolute atomic E-state index is 12.8. The summed E-state index contributed by atoms with van der Waals surface area (Å²) in [6.45, 7) is 6.13. The number of anilines is 1. The standard InChI is InChI=1S/C19H19NO2/c1-14(15-8-4-3-5-9-15)12-20-17-11-7-6-10-16(17)19(2,13-21)18(20)22/h3-11,21H,1,12-13H2,2H3/t19-/m0/s1. The molecule has 22 heavy (non-hydrogen) atoms. The zero-order valence-electron chi connectivity index (χ0n) is 12.6. The molecule has 2 aromatic carbocycles. The van der Waals surface area contributed by atoms with Crippen LogP contribution in [0.15, 0.2) is 61.2 Å². The molecule has 1 atom stereocenters. The highest BCUT2D eigenvalue weighted by molar-refractivity contribution is 6.09. The lowest BCUT2D eigenvalue weighted by atomic mass is 9.85. The molecular weight excluding hydrogens is 274 g/mol. The Morgan fingerprint density at radius 2 is 1.77 bits per heavy atom. The lowest BCUT2D eigenvalue weighted by molar-refractivity contribution is -0.123. The number of aliphatic hydroxyl groups excluding tert-OH is 1. The van der Waals surface area contributed by atoms with E-state index in [0.717, 1.165) is 22.4 Å². The van der Waals surface area contributed by atoms with Crippen molar-refractivity contribution in [2.24, 2.45) is 0 Å². The van der Waals surface area contributed by atoms with E-state index in [9.17, 15) is 9.90 Å². The highest BCUT2D eigenvalue weighted by atomic mass is 16.3. The molecule has 0 bridgehead atoms. The maximum atomic E-state index is 12.8. The van der Waals surface area contributed by atoms with Gasteiger partial charge in [-0.1, -0.05) is 55.1 Å². The van der Waals surface area contributed by atoms with E-state index < -0.39 is 5.41 Å². The predicted octanol–water partition coefficient (Wildman–Crippen LogP) is 3.00. The normalized spacial score (nSPS) is 20.1. The zero-order chi connectivity index (χ0) is 15.7. The summed E-state index contributed by atoms with van der Waals surface area (Å²) in [6, 6.07) is 17.5. The molecule has 1 aliphatic heterocycles. The van der Waals surface area contributed by atoms with Crippen molar-refractivity contribution in [3.63, 3.8) is 0 Å². The van der Waals surface area contributed by atoms with E-state index in [-0.39, 0.29) is 12.5 Å². The van der Waals surface area contributed by atoms with Crippen molar-refractivity contribution in [1.29, 1.82) is 0 Å². The fourth-order valence-electron chi connectivity index (χ4n) is 2.96.